The van der Waals surface area contributed by atoms with E-state index in [0.29, 0.717) is 12.1 Å². The molecule has 0 fully saturated rings. The van der Waals surface area contributed by atoms with Crippen LogP contribution in [0.2, 0.25) is 0 Å². The lowest BCUT2D eigenvalue weighted by atomic mass is 9.87. The Hall–Kier alpha value is -2.62. The minimum atomic E-state index is -0.131. The lowest BCUT2D eigenvalue weighted by molar-refractivity contribution is 0.102. The van der Waals surface area contributed by atoms with E-state index in [2.05, 4.69) is 43.2 Å². The third-order valence-electron chi connectivity index (χ3n) is 4.16. The van der Waals surface area contributed by atoms with Crippen LogP contribution < -0.4 is 5.32 Å². The van der Waals surface area contributed by atoms with Gasteiger partial charge in [-0.2, -0.15) is 0 Å². The number of anilines is 1. The predicted octanol–water partition coefficient (Wildman–Crippen LogP) is 4.45. The van der Waals surface area contributed by atoms with E-state index in [0.717, 1.165) is 17.0 Å². The van der Waals surface area contributed by atoms with E-state index >= 15 is 0 Å². The average Bonchev–Trinajstić information content (AvgIpc) is 2.93. The van der Waals surface area contributed by atoms with Crippen LogP contribution in [0.25, 0.3) is 5.65 Å². The summed E-state index contributed by atoms with van der Waals surface area (Å²) in [6.07, 6.45) is 2.59. The van der Waals surface area contributed by atoms with Gasteiger partial charge >= 0.3 is 0 Å². The molecular weight excluding hydrogens is 298 g/mol. The van der Waals surface area contributed by atoms with Gasteiger partial charge in [-0.1, -0.05) is 45.9 Å². The summed E-state index contributed by atoms with van der Waals surface area (Å²) >= 11 is 0. The number of aryl methyl sites for hydroxylation is 1. The standard InChI is InChI=1S/C20H23N3O/c1-5-16-18(23-13-7-6-8-17(23)22-16)19(24)21-15-11-9-14(10-12-15)20(2,3)4/h6-13H,5H2,1-4H3,(H,21,24). The molecule has 3 rings (SSSR count). The number of fused-ring (bicyclic) bond motifs is 1. The molecule has 0 aliphatic rings. The number of benzene rings is 1. The molecule has 1 amide bonds. The first-order valence-electron chi connectivity index (χ1n) is 8.28. The van der Waals surface area contributed by atoms with E-state index in [1.54, 1.807) is 0 Å². The van der Waals surface area contributed by atoms with Gasteiger partial charge in [0.05, 0.1) is 5.69 Å². The highest BCUT2D eigenvalue weighted by atomic mass is 16.2. The van der Waals surface area contributed by atoms with Crippen molar-refractivity contribution in [3.63, 3.8) is 0 Å². The summed E-state index contributed by atoms with van der Waals surface area (Å²) in [5.74, 6) is -0.131. The Kier molecular flexibility index (Phi) is 4.14. The molecule has 4 nitrogen and oxygen atoms in total. The molecule has 0 spiro atoms. The number of carbonyl (C=O) groups excluding carboxylic acids is 1. The number of aromatic nitrogens is 2. The van der Waals surface area contributed by atoms with Gasteiger partial charge in [-0.05, 0) is 41.7 Å². The van der Waals surface area contributed by atoms with Crippen molar-refractivity contribution in [3.8, 4) is 0 Å². The molecule has 0 saturated carbocycles. The topological polar surface area (TPSA) is 46.4 Å². The molecule has 0 atom stereocenters. The van der Waals surface area contributed by atoms with Gasteiger partial charge in [-0.3, -0.25) is 9.20 Å². The Morgan fingerprint density at radius 1 is 1.12 bits per heavy atom. The summed E-state index contributed by atoms with van der Waals surface area (Å²) < 4.78 is 1.84. The van der Waals surface area contributed by atoms with Crippen LogP contribution in [-0.2, 0) is 11.8 Å². The van der Waals surface area contributed by atoms with E-state index < -0.39 is 0 Å². The predicted molar refractivity (Wildman–Crippen MR) is 97.7 cm³/mol. The van der Waals surface area contributed by atoms with Crippen molar-refractivity contribution in [2.45, 2.75) is 39.5 Å². The van der Waals surface area contributed by atoms with E-state index in [9.17, 15) is 4.79 Å². The number of hydrogen-bond acceptors (Lipinski definition) is 2. The summed E-state index contributed by atoms with van der Waals surface area (Å²) in [7, 11) is 0. The Morgan fingerprint density at radius 2 is 1.83 bits per heavy atom. The molecule has 0 aliphatic heterocycles. The molecular formula is C20H23N3O. The zero-order valence-electron chi connectivity index (χ0n) is 14.6. The largest absolute Gasteiger partial charge is 0.321 e. The molecule has 4 heteroatoms. The molecule has 0 saturated heterocycles. The summed E-state index contributed by atoms with van der Waals surface area (Å²) in [4.78, 5) is 17.3. The minimum Gasteiger partial charge on any atom is -0.321 e. The second-order valence-corrected chi connectivity index (χ2v) is 6.97. The maximum atomic E-state index is 12.8. The van der Waals surface area contributed by atoms with Gasteiger partial charge in [0, 0.05) is 11.9 Å². The highest BCUT2D eigenvalue weighted by Crippen LogP contribution is 2.24. The van der Waals surface area contributed by atoms with Crippen LogP contribution in [-0.4, -0.2) is 15.3 Å². The second kappa shape index (κ2) is 6.11. The first kappa shape index (κ1) is 16.2. The fraction of sp³-hybridized carbons (Fsp3) is 0.300. The van der Waals surface area contributed by atoms with Crippen molar-refractivity contribution >= 4 is 17.2 Å². The third kappa shape index (κ3) is 3.04. The summed E-state index contributed by atoms with van der Waals surface area (Å²) in [5.41, 5.74) is 4.34. The first-order valence-corrected chi connectivity index (χ1v) is 8.28. The zero-order chi connectivity index (χ0) is 17.3. The monoisotopic (exact) mass is 321 g/mol. The number of nitrogens with one attached hydrogen (secondary N) is 1. The highest BCUT2D eigenvalue weighted by Gasteiger charge is 2.18. The van der Waals surface area contributed by atoms with Gasteiger partial charge < -0.3 is 5.32 Å². The maximum Gasteiger partial charge on any atom is 0.274 e. The molecule has 124 valence electrons. The zero-order valence-corrected chi connectivity index (χ0v) is 14.6. The lowest BCUT2D eigenvalue weighted by Crippen LogP contribution is -2.16. The van der Waals surface area contributed by atoms with Crippen LogP contribution in [0.15, 0.2) is 48.7 Å². The Labute approximate surface area is 142 Å². The maximum absolute atomic E-state index is 12.8. The number of carbonyl (C=O) groups is 1. The molecule has 0 aliphatic carbocycles. The third-order valence-corrected chi connectivity index (χ3v) is 4.16. The summed E-state index contributed by atoms with van der Waals surface area (Å²) in [5, 5.41) is 2.99. The van der Waals surface area contributed by atoms with Gasteiger partial charge in [-0.15, -0.1) is 0 Å². The lowest BCUT2D eigenvalue weighted by Gasteiger charge is -2.19. The fourth-order valence-electron chi connectivity index (χ4n) is 2.78. The van der Waals surface area contributed by atoms with Crippen LogP contribution in [0.4, 0.5) is 5.69 Å². The SMILES string of the molecule is CCc1nc2ccccn2c1C(=O)Nc1ccc(C(C)(C)C)cc1. The second-order valence-electron chi connectivity index (χ2n) is 6.97. The van der Waals surface area contributed by atoms with Crippen LogP contribution in [0, 0.1) is 0 Å². The Bertz CT molecular complexity index is 870. The number of pyridine rings is 1. The molecule has 1 N–H and O–H groups in total. The first-order chi connectivity index (χ1) is 11.4. The van der Waals surface area contributed by atoms with E-state index in [1.165, 1.54) is 5.56 Å². The Morgan fingerprint density at radius 3 is 2.46 bits per heavy atom. The van der Waals surface area contributed by atoms with Crippen molar-refractivity contribution in [3.05, 3.63) is 65.6 Å². The smallest absolute Gasteiger partial charge is 0.274 e. The molecule has 0 radical (unpaired) electrons. The van der Waals surface area contributed by atoms with Gasteiger partial charge in [-0.25, -0.2) is 4.98 Å². The molecule has 0 bridgehead atoms. The fourth-order valence-corrected chi connectivity index (χ4v) is 2.78. The molecule has 3 aromatic rings. The van der Waals surface area contributed by atoms with E-state index in [1.807, 2.05) is 47.9 Å². The van der Waals surface area contributed by atoms with Crippen LogP contribution in [0.3, 0.4) is 0 Å². The highest BCUT2D eigenvalue weighted by molar-refractivity contribution is 6.04. The number of nitrogens with zero attached hydrogens (tertiary/aromatic N) is 2. The van der Waals surface area contributed by atoms with Crippen molar-refractivity contribution in [2.75, 3.05) is 5.32 Å². The number of hydrogen-bond donors (Lipinski definition) is 1. The molecule has 1 aromatic carbocycles. The summed E-state index contributed by atoms with van der Waals surface area (Å²) in [6, 6.07) is 13.8. The van der Waals surface area contributed by atoms with Crippen molar-refractivity contribution in [1.29, 1.82) is 0 Å². The number of rotatable bonds is 3. The van der Waals surface area contributed by atoms with Gasteiger partial charge in [0.25, 0.3) is 5.91 Å². The van der Waals surface area contributed by atoms with Crippen molar-refractivity contribution < 1.29 is 4.79 Å². The average molecular weight is 321 g/mol. The quantitative estimate of drug-likeness (QED) is 0.775. The van der Waals surface area contributed by atoms with Gasteiger partial charge in [0.15, 0.2) is 0 Å². The molecule has 24 heavy (non-hydrogen) atoms. The van der Waals surface area contributed by atoms with Crippen LogP contribution >= 0.6 is 0 Å². The minimum absolute atomic E-state index is 0.0968. The summed E-state index contributed by atoms with van der Waals surface area (Å²) in [6.45, 7) is 8.53. The van der Waals surface area contributed by atoms with Gasteiger partial charge in [0.2, 0.25) is 0 Å². The van der Waals surface area contributed by atoms with E-state index in [-0.39, 0.29) is 11.3 Å². The van der Waals surface area contributed by atoms with Crippen LogP contribution in [0.5, 0.6) is 0 Å². The molecule has 0 unspecified atom stereocenters. The van der Waals surface area contributed by atoms with Gasteiger partial charge in [0.1, 0.15) is 11.3 Å². The molecule has 2 heterocycles. The van der Waals surface area contributed by atoms with E-state index in [4.69, 9.17) is 0 Å². The number of amides is 1. The normalized spacial score (nSPS) is 11.7. The Balaban J connectivity index is 1.90. The van der Waals surface area contributed by atoms with Crippen molar-refractivity contribution in [2.24, 2.45) is 0 Å². The number of imidazole rings is 1. The molecule has 2 aromatic heterocycles. The van der Waals surface area contributed by atoms with Crippen molar-refractivity contribution in [1.82, 2.24) is 9.38 Å². The van der Waals surface area contributed by atoms with Crippen LogP contribution in [0.1, 0.15) is 49.4 Å².